The van der Waals surface area contributed by atoms with Gasteiger partial charge in [-0.1, -0.05) is 0 Å². The molecular weight excluding hydrogens is 145 g/mol. The van der Waals surface area contributed by atoms with Crippen molar-refractivity contribution in [3.63, 3.8) is 0 Å². The summed E-state index contributed by atoms with van der Waals surface area (Å²) in [4.78, 5) is 0. The number of halogens is 3. The molecule has 0 spiro atoms. The third-order valence-corrected chi connectivity index (χ3v) is 0.918. The van der Waals surface area contributed by atoms with E-state index < -0.39 is 18.6 Å². The van der Waals surface area contributed by atoms with Gasteiger partial charge in [-0.2, -0.15) is 13.2 Å². The Morgan fingerprint density at radius 1 is 1.60 bits per heavy atom. The first-order valence-electron chi connectivity index (χ1n) is 2.48. The van der Waals surface area contributed by atoms with Crippen LogP contribution in [0, 0.1) is 12.3 Å². The monoisotopic (exact) mass is 152 g/mol. The SMILES string of the molecule is C#CCC(NN)C(F)(F)F. The van der Waals surface area contributed by atoms with Crippen LogP contribution >= 0.6 is 0 Å². The Kier molecular flexibility index (Phi) is 3.19. The van der Waals surface area contributed by atoms with Gasteiger partial charge >= 0.3 is 6.18 Å². The topological polar surface area (TPSA) is 38.0 Å². The Balaban J connectivity index is 3.97. The van der Waals surface area contributed by atoms with Gasteiger partial charge in [-0.3, -0.25) is 5.84 Å². The van der Waals surface area contributed by atoms with Crippen LogP contribution in [0.25, 0.3) is 0 Å². The van der Waals surface area contributed by atoms with Crippen LogP contribution < -0.4 is 11.3 Å². The van der Waals surface area contributed by atoms with Gasteiger partial charge in [-0.05, 0) is 0 Å². The van der Waals surface area contributed by atoms with E-state index in [4.69, 9.17) is 0 Å². The highest BCUT2D eigenvalue weighted by atomic mass is 19.4. The van der Waals surface area contributed by atoms with Gasteiger partial charge in [0.1, 0.15) is 6.04 Å². The summed E-state index contributed by atoms with van der Waals surface area (Å²) in [5.41, 5.74) is 1.58. The average molecular weight is 152 g/mol. The smallest absolute Gasteiger partial charge is 0.271 e. The summed E-state index contributed by atoms with van der Waals surface area (Å²) in [6.45, 7) is 0. The zero-order chi connectivity index (χ0) is 8.20. The fraction of sp³-hybridized carbons (Fsp3) is 0.600. The van der Waals surface area contributed by atoms with Crippen LogP contribution in [0.1, 0.15) is 6.42 Å². The van der Waals surface area contributed by atoms with E-state index in [1.54, 1.807) is 5.43 Å². The Hall–Kier alpha value is -0.730. The number of alkyl halides is 3. The minimum atomic E-state index is -4.36. The lowest BCUT2D eigenvalue weighted by molar-refractivity contribution is -0.154. The summed E-state index contributed by atoms with van der Waals surface area (Å²) in [6, 6.07) is -1.79. The molecule has 0 fully saturated rings. The largest absolute Gasteiger partial charge is 0.406 e. The molecule has 0 rings (SSSR count). The third kappa shape index (κ3) is 2.71. The van der Waals surface area contributed by atoms with E-state index in [9.17, 15) is 13.2 Å². The van der Waals surface area contributed by atoms with E-state index in [1.807, 2.05) is 5.92 Å². The summed E-state index contributed by atoms with van der Waals surface area (Å²) in [5, 5.41) is 0. The van der Waals surface area contributed by atoms with E-state index in [2.05, 4.69) is 12.3 Å². The molecule has 10 heavy (non-hydrogen) atoms. The Bertz CT molecular complexity index is 135. The van der Waals surface area contributed by atoms with Crippen molar-refractivity contribution >= 4 is 0 Å². The highest BCUT2D eigenvalue weighted by Crippen LogP contribution is 2.21. The van der Waals surface area contributed by atoms with Gasteiger partial charge in [0.25, 0.3) is 0 Å². The molecule has 0 bridgehead atoms. The maximum Gasteiger partial charge on any atom is 0.406 e. The Labute approximate surface area is 56.6 Å². The minimum absolute atomic E-state index is 0.444. The Morgan fingerprint density at radius 3 is 2.20 bits per heavy atom. The van der Waals surface area contributed by atoms with Crippen molar-refractivity contribution in [3.05, 3.63) is 0 Å². The van der Waals surface area contributed by atoms with Crippen molar-refractivity contribution in [2.75, 3.05) is 0 Å². The normalized spacial score (nSPS) is 14.3. The first kappa shape index (κ1) is 9.27. The van der Waals surface area contributed by atoms with Gasteiger partial charge in [-0.25, -0.2) is 5.43 Å². The number of nitrogens with one attached hydrogen (secondary N) is 1. The molecule has 0 aromatic carbocycles. The van der Waals surface area contributed by atoms with Crippen LogP contribution in [-0.4, -0.2) is 12.2 Å². The summed E-state index contributed by atoms with van der Waals surface area (Å²) < 4.78 is 35.0. The van der Waals surface area contributed by atoms with Crippen LogP contribution in [0.15, 0.2) is 0 Å². The molecule has 0 saturated carbocycles. The number of hydrazine groups is 1. The molecule has 0 radical (unpaired) electrons. The second kappa shape index (κ2) is 3.44. The molecule has 2 nitrogen and oxygen atoms in total. The highest BCUT2D eigenvalue weighted by molar-refractivity contribution is 4.91. The fourth-order valence-electron chi connectivity index (χ4n) is 0.387. The van der Waals surface area contributed by atoms with Crippen molar-refractivity contribution in [1.82, 2.24) is 5.43 Å². The lowest BCUT2D eigenvalue weighted by atomic mass is 10.2. The molecule has 0 aliphatic rings. The first-order valence-corrected chi connectivity index (χ1v) is 2.48. The zero-order valence-electron chi connectivity index (χ0n) is 5.07. The molecule has 0 heterocycles. The predicted molar refractivity (Wildman–Crippen MR) is 30.6 cm³/mol. The number of terminal acetylenes is 1. The molecular formula is C5H7F3N2. The lowest BCUT2D eigenvalue weighted by Crippen LogP contribution is -2.45. The minimum Gasteiger partial charge on any atom is -0.271 e. The van der Waals surface area contributed by atoms with E-state index in [0.29, 0.717) is 0 Å². The van der Waals surface area contributed by atoms with Crippen molar-refractivity contribution in [1.29, 1.82) is 0 Å². The maximum absolute atomic E-state index is 11.7. The quantitative estimate of drug-likeness (QED) is 0.341. The second-order valence-electron chi connectivity index (χ2n) is 1.67. The zero-order valence-corrected chi connectivity index (χ0v) is 5.07. The Morgan fingerprint density at radius 2 is 2.10 bits per heavy atom. The molecule has 58 valence electrons. The summed E-state index contributed by atoms with van der Waals surface area (Å²) in [6.07, 6.45) is -0.148. The predicted octanol–water partition coefficient (Wildman–Crippen LogP) is 0.404. The van der Waals surface area contributed by atoms with E-state index in [1.165, 1.54) is 0 Å². The average Bonchev–Trinajstić information content (AvgIpc) is 1.80. The van der Waals surface area contributed by atoms with E-state index >= 15 is 0 Å². The van der Waals surface area contributed by atoms with Crippen LogP contribution in [0.5, 0.6) is 0 Å². The van der Waals surface area contributed by atoms with E-state index in [-0.39, 0.29) is 0 Å². The van der Waals surface area contributed by atoms with Crippen LogP contribution in [-0.2, 0) is 0 Å². The first-order chi connectivity index (χ1) is 4.52. The fourth-order valence-corrected chi connectivity index (χ4v) is 0.387. The van der Waals surface area contributed by atoms with Crippen molar-refractivity contribution in [3.8, 4) is 12.3 Å². The van der Waals surface area contributed by atoms with Gasteiger partial charge in [0.15, 0.2) is 0 Å². The number of hydrogen-bond acceptors (Lipinski definition) is 2. The van der Waals surface area contributed by atoms with Gasteiger partial charge in [0.2, 0.25) is 0 Å². The molecule has 0 aliphatic carbocycles. The summed E-state index contributed by atoms with van der Waals surface area (Å²) in [7, 11) is 0. The summed E-state index contributed by atoms with van der Waals surface area (Å²) >= 11 is 0. The maximum atomic E-state index is 11.7. The van der Waals surface area contributed by atoms with Gasteiger partial charge in [0.05, 0.1) is 0 Å². The van der Waals surface area contributed by atoms with Crippen LogP contribution in [0.3, 0.4) is 0 Å². The molecule has 3 N–H and O–H groups in total. The third-order valence-electron chi connectivity index (χ3n) is 0.918. The van der Waals surface area contributed by atoms with Crippen molar-refractivity contribution in [2.45, 2.75) is 18.6 Å². The molecule has 1 unspecified atom stereocenters. The molecule has 1 atom stereocenters. The van der Waals surface area contributed by atoms with Crippen LogP contribution in [0.4, 0.5) is 13.2 Å². The van der Waals surface area contributed by atoms with Crippen molar-refractivity contribution in [2.24, 2.45) is 5.84 Å². The summed E-state index contributed by atoms with van der Waals surface area (Å²) in [5.74, 6) is 6.44. The molecule has 0 aromatic rings. The standard InChI is InChI=1S/C5H7F3N2/c1-2-3-4(10-9)5(6,7)8/h1,4,10H,3,9H2. The van der Waals surface area contributed by atoms with Gasteiger partial charge < -0.3 is 0 Å². The van der Waals surface area contributed by atoms with Gasteiger partial charge in [-0.15, -0.1) is 12.3 Å². The molecule has 0 amide bonds. The highest BCUT2D eigenvalue weighted by Gasteiger charge is 2.38. The van der Waals surface area contributed by atoms with Crippen LogP contribution in [0.2, 0.25) is 0 Å². The number of hydrogen-bond donors (Lipinski definition) is 2. The number of nitrogens with two attached hydrogens (primary N) is 1. The number of rotatable bonds is 2. The second-order valence-corrected chi connectivity index (χ2v) is 1.67. The van der Waals surface area contributed by atoms with E-state index in [0.717, 1.165) is 0 Å². The molecule has 0 aromatic heterocycles. The van der Waals surface area contributed by atoms with Gasteiger partial charge in [0, 0.05) is 6.42 Å². The lowest BCUT2D eigenvalue weighted by Gasteiger charge is -2.15. The molecule has 0 saturated heterocycles. The van der Waals surface area contributed by atoms with Crippen molar-refractivity contribution < 1.29 is 13.2 Å². The molecule has 0 aliphatic heterocycles. The molecule has 5 heteroatoms.